The Morgan fingerprint density at radius 2 is 1.81 bits per heavy atom. The summed E-state index contributed by atoms with van der Waals surface area (Å²) in [5, 5.41) is 4.78. The van der Waals surface area contributed by atoms with Crippen LogP contribution in [0.3, 0.4) is 0 Å². The van der Waals surface area contributed by atoms with E-state index in [1.165, 1.54) is 67.3 Å². The zero-order valence-corrected chi connectivity index (χ0v) is 14.6. The molecule has 118 valence electrons. The highest BCUT2D eigenvalue weighted by atomic mass is 32.1. The topological polar surface area (TPSA) is 28.2 Å². The molecule has 1 atom stereocenters. The lowest BCUT2D eigenvalue weighted by molar-refractivity contribution is 0.265. The van der Waals surface area contributed by atoms with Crippen molar-refractivity contribution in [2.24, 2.45) is 5.41 Å². The molecule has 1 aromatic rings. The summed E-state index contributed by atoms with van der Waals surface area (Å²) in [5.41, 5.74) is 1.72. The van der Waals surface area contributed by atoms with Gasteiger partial charge in [0.1, 0.15) is 0 Å². The molecule has 1 aliphatic carbocycles. The Balaban J connectivity index is 1.83. The molecule has 0 bridgehead atoms. The van der Waals surface area contributed by atoms with E-state index in [1.807, 2.05) is 11.3 Å². The van der Waals surface area contributed by atoms with Crippen LogP contribution in [0.15, 0.2) is 0 Å². The van der Waals surface area contributed by atoms with Crippen molar-refractivity contribution in [1.82, 2.24) is 10.3 Å². The van der Waals surface area contributed by atoms with Crippen LogP contribution in [0, 0.1) is 5.41 Å². The molecule has 0 amide bonds. The van der Waals surface area contributed by atoms with Gasteiger partial charge in [0.15, 0.2) is 5.13 Å². The molecule has 1 aromatic heterocycles. The lowest BCUT2D eigenvalue weighted by Crippen LogP contribution is -2.30. The second kappa shape index (κ2) is 6.25. The van der Waals surface area contributed by atoms with Crippen LogP contribution in [0.25, 0.3) is 0 Å². The number of nitrogens with zero attached hydrogens (tertiary/aromatic N) is 2. The van der Waals surface area contributed by atoms with Gasteiger partial charge in [0, 0.05) is 24.0 Å². The minimum Gasteiger partial charge on any atom is -0.348 e. The second-order valence-electron chi connectivity index (χ2n) is 7.45. The van der Waals surface area contributed by atoms with Crippen molar-refractivity contribution in [3.8, 4) is 0 Å². The first-order valence-electron chi connectivity index (χ1n) is 8.51. The van der Waals surface area contributed by atoms with Gasteiger partial charge in [-0.05, 0) is 38.1 Å². The van der Waals surface area contributed by atoms with E-state index in [9.17, 15) is 0 Å². The highest BCUT2D eigenvalue weighted by molar-refractivity contribution is 7.15. The van der Waals surface area contributed by atoms with Crippen LogP contribution in [0.1, 0.15) is 69.0 Å². The number of rotatable bonds is 2. The summed E-state index contributed by atoms with van der Waals surface area (Å²) in [6.07, 6.45) is 9.18. The van der Waals surface area contributed by atoms with Gasteiger partial charge in [-0.2, -0.15) is 0 Å². The van der Waals surface area contributed by atoms with Crippen molar-refractivity contribution in [2.45, 2.75) is 64.8 Å². The van der Waals surface area contributed by atoms with Crippen molar-refractivity contribution in [1.29, 1.82) is 0 Å². The van der Waals surface area contributed by atoms with Crippen LogP contribution in [-0.2, 0) is 6.42 Å². The minimum absolute atomic E-state index is 0.363. The van der Waals surface area contributed by atoms with Gasteiger partial charge in [-0.1, -0.05) is 44.4 Å². The summed E-state index contributed by atoms with van der Waals surface area (Å²) in [7, 11) is 2.09. The van der Waals surface area contributed by atoms with Gasteiger partial charge in [0.25, 0.3) is 0 Å². The number of fused-ring (bicyclic) bond motifs is 1. The predicted molar refractivity (Wildman–Crippen MR) is 91.3 cm³/mol. The van der Waals surface area contributed by atoms with E-state index in [2.05, 4.69) is 31.1 Å². The first-order chi connectivity index (χ1) is 10.1. The molecule has 3 rings (SSSR count). The Morgan fingerprint density at radius 3 is 2.48 bits per heavy atom. The Bertz CT molecular complexity index is 472. The molecule has 0 radical (unpaired) electrons. The van der Waals surface area contributed by atoms with E-state index in [-0.39, 0.29) is 0 Å². The Labute approximate surface area is 133 Å². The average molecular weight is 308 g/mol. The minimum atomic E-state index is 0.363. The average Bonchev–Trinajstić information content (AvgIpc) is 2.79. The van der Waals surface area contributed by atoms with E-state index in [1.54, 1.807) is 0 Å². The molecule has 0 spiro atoms. The van der Waals surface area contributed by atoms with Crippen molar-refractivity contribution in [3.05, 3.63) is 10.6 Å². The standard InChI is InChI=1S/C17H29N3S/c1-17(2)11-13(18-3)15-14(12-17)19-16(21-15)20-9-7-5-4-6-8-10-20/h13,18H,4-12H2,1-3H3. The van der Waals surface area contributed by atoms with Gasteiger partial charge < -0.3 is 10.2 Å². The summed E-state index contributed by atoms with van der Waals surface area (Å²) in [6.45, 7) is 7.13. The molecule has 2 aliphatic rings. The highest BCUT2D eigenvalue weighted by Crippen LogP contribution is 2.44. The number of hydrogen-bond donors (Lipinski definition) is 1. The SMILES string of the molecule is CNC1CC(C)(C)Cc2nc(N3CCCCCCC3)sc21. The van der Waals surface area contributed by atoms with E-state index in [0.717, 1.165) is 6.42 Å². The summed E-state index contributed by atoms with van der Waals surface area (Å²) in [6, 6.07) is 0.491. The van der Waals surface area contributed by atoms with Crippen molar-refractivity contribution in [3.63, 3.8) is 0 Å². The van der Waals surface area contributed by atoms with Crippen molar-refractivity contribution >= 4 is 16.5 Å². The number of aromatic nitrogens is 1. The van der Waals surface area contributed by atoms with Gasteiger partial charge >= 0.3 is 0 Å². The van der Waals surface area contributed by atoms with Gasteiger partial charge in [-0.3, -0.25) is 0 Å². The molecule has 0 saturated carbocycles. The molecular weight excluding hydrogens is 278 g/mol. The monoisotopic (exact) mass is 307 g/mol. The van der Waals surface area contributed by atoms with Gasteiger partial charge in [-0.15, -0.1) is 0 Å². The maximum Gasteiger partial charge on any atom is 0.185 e. The third kappa shape index (κ3) is 3.42. The van der Waals surface area contributed by atoms with Crippen LogP contribution in [0.4, 0.5) is 5.13 Å². The summed E-state index contributed by atoms with van der Waals surface area (Å²) >= 11 is 1.94. The third-order valence-electron chi connectivity index (χ3n) is 4.91. The maximum atomic E-state index is 5.04. The number of hydrogen-bond acceptors (Lipinski definition) is 4. The van der Waals surface area contributed by atoms with Crippen molar-refractivity contribution in [2.75, 3.05) is 25.0 Å². The zero-order valence-electron chi connectivity index (χ0n) is 13.7. The molecule has 4 heteroatoms. The molecule has 0 aromatic carbocycles. The number of thiazole rings is 1. The van der Waals surface area contributed by atoms with E-state index < -0.39 is 0 Å². The predicted octanol–water partition coefficient (Wildman–Crippen LogP) is 4.15. The Hall–Kier alpha value is -0.610. The Morgan fingerprint density at radius 1 is 1.14 bits per heavy atom. The summed E-state index contributed by atoms with van der Waals surface area (Å²) in [5.74, 6) is 0. The van der Waals surface area contributed by atoms with Gasteiger partial charge in [0.2, 0.25) is 0 Å². The molecule has 21 heavy (non-hydrogen) atoms. The van der Waals surface area contributed by atoms with Crippen LogP contribution >= 0.6 is 11.3 Å². The molecular formula is C17H29N3S. The lowest BCUT2D eigenvalue weighted by Gasteiger charge is -2.34. The first kappa shape index (κ1) is 15.3. The van der Waals surface area contributed by atoms with E-state index in [0.29, 0.717) is 11.5 Å². The summed E-state index contributed by atoms with van der Waals surface area (Å²) < 4.78 is 0. The fourth-order valence-electron chi connectivity index (χ4n) is 3.73. The van der Waals surface area contributed by atoms with E-state index in [4.69, 9.17) is 4.98 Å². The third-order valence-corrected chi connectivity index (χ3v) is 6.18. The van der Waals surface area contributed by atoms with Crippen LogP contribution in [0.5, 0.6) is 0 Å². The second-order valence-corrected chi connectivity index (χ2v) is 8.46. The van der Waals surface area contributed by atoms with Crippen LogP contribution in [-0.4, -0.2) is 25.1 Å². The molecule has 1 N–H and O–H groups in total. The smallest absolute Gasteiger partial charge is 0.185 e. The largest absolute Gasteiger partial charge is 0.348 e. The maximum absolute atomic E-state index is 5.04. The number of anilines is 1. The number of nitrogens with one attached hydrogen (secondary N) is 1. The van der Waals surface area contributed by atoms with Gasteiger partial charge in [0.05, 0.1) is 5.69 Å². The molecule has 1 aliphatic heterocycles. The van der Waals surface area contributed by atoms with E-state index >= 15 is 0 Å². The molecule has 3 nitrogen and oxygen atoms in total. The first-order valence-corrected chi connectivity index (χ1v) is 9.32. The fourth-order valence-corrected chi connectivity index (χ4v) is 4.97. The molecule has 2 heterocycles. The van der Waals surface area contributed by atoms with Crippen LogP contribution in [0.2, 0.25) is 0 Å². The molecule has 1 fully saturated rings. The zero-order chi connectivity index (χ0) is 14.9. The normalized spacial score (nSPS) is 26.0. The van der Waals surface area contributed by atoms with Gasteiger partial charge in [-0.25, -0.2) is 4.98 Å². The quantitative estimate of drug-likeness (QED) is 0.890. The Kier molecular flexibility index (Phi) is 4.55. The van der Waals surface area contributed by atoms with Crippen LogP contribution < -0.4 is 10.2 Å². The highest BCUT2D eigenvalue weighted by Gasteiger charge is 2.34. The lowest BCUT2D eigenvalue weighted by atomic mass is 9.76. The molecule has 1 unspecified atom stereocenters. The fraction of sp³-hybridized carbons (Fsp3) is 0.824. The van der Waals surface area contributed by atoms with Crippen molar-refractivity contribution < 1.29 is 0 Å². The molecule has 1 saturated heterocycles. The summed E-state index contributed by atoms with van der Waals surface area (Å²) in [4.78, 5) is 9.08.